The van der Waals surface area contributed by atoms with Crippen molar-refractivity contribution in [3.63, 3.8) is 0 Å². The first-order valence-corrected chi connectivity index (χ1v) is 7.48. The maximum Gasteiger partial charge on any atom is 0.416 e. The van der Waals surface area contributed by atoms with E-state index in [0.717, 1.165) is 11.5 Å². The van der Waals surface area contributed by atoms with Gasteiger partial charge in [0.2, 0.25) is 0 Å². The van der Waals surface area contributed by atoms with Crippen LogP contribution in [0.15, 0.2) is 6.07 Å². The van der Waals surface area contributed by atoms with Crippen molar-refractivity contribution < 1.29 is 13.2 Å². The van der Waals surface area contributed by atoms with Gasteiger partial charge in [-0.3, -0.25) is 0 Å². The molecule has 0 atom stereocenters. The van der Waals surface area contributed by atoms with Crippen LogP contribution in [-0.4, -0.2) is 9.59 Å². The van der Waals surface area contributed by atoms with E-state index in [0.29, 0.717) is 15.8 Å². The fourth-order valence-electron chi connectivity index (χ4n) is 2.48. The number of fused-ring (bicyclic) bond motifs is 1. The standard InChI is InChI=1S/C15H19F3N2S/c1-13(2,3)9-7-8(15(16,17)18)10(14(4,5)6)12-11(9)19-20-21-12/h7H,1-6H3. The van der Waals surface area contributed by atoms with Crippen LogP contribution in [0.3, 0.4) is 0 Å². The molecule has 0 saturated carbocycles. The topological polar surface area (TPSA) is 25.8 Å². The minimum Gasteiger partial charge on any atom is -0.166 e. The fourth-order valence-corrected chi connectivity index (χ4v) is 3.43. The SMILES string of the molecule is CC(C)(C)c1cc(C(F)(F)F)c(C(C)(C)C)c2snnc12. The quantitative estimate of drug-likeness (QED) is 0.658. The number of rotatable bonds is 0. The lowest BCUT2D eigenvalue weighted by atomic mass is 9.78. The molecule has 0 spiro atoms. The van der Waals surface area contributed by atoms with Crippen LogP contribution in [0.25, 0.3) is 10.2 Å². The summed E-state index contributed by atoms with van der Waals surface area (Å²) in [7, 11) is 0. The largest absolute Gasteiger partial charge is 0.416 e. The Hall–Kier alpha value is -1.17. The zero-order valence-corrected chi connectivity index (χ0v) is 13.8. The molecule has 2 rings (SSSR count). The van der Waals surface area contributed by atoms with Crippen LogP contribution >= 0.6 is 11.5 Å². The molecule has 0 N–H and O–H groups in total. The molecule has 0 bridgehead atoms. The second-order valence-corrected chi connectivity index (χ2v) is 8.05. The van der Waals surface area contributed by atoms with E-state index < -0.39 is 22.6 Å². The normalized spacial score (nSPS) is 14.0. The number of hydrogen-bond donors (Lipinski definition) is 0. The summed E-state index contributed by atoms with van der Waals surface area (Å²) in [5.41, 5.74) is -0.165. The van der Waals surface area contributed by atoms with E-state index >= 15 is 0 Å². The smallest absolute Gasteiger partial charge is 0.166 e. The van der Waals surface area contributed by atoms with Crippen molar-refractivity contribution in [1.29, 1.82) is 0 Å². The van der Waals surface area contributed by atoms with Gasteiger partial charge in [0.25, 0.3) is 0 Å². The third-order valence-electron chi connectivity index (χ3n) is 3.39. The van der Waals surface area contributed by atoms with Crippen molar-refractivity contribution in [3.8, 4) is 0 Å². The van der Waals surface area contributed by atoms with Gasteiger partial charge < -0.3 is 0 Å². The fraction of sp³-hybridized carbons (Fsp3) is 0.600. The third kappa shape index (κ3) is 2.91. The van der Waals surface area contributed by atoms with Crippen LogP contribution in [0.1, 0.15) is 58.2 Å². The van der Waals surface area contributed by atoms with Crippen molar-refractivity contribution in [2.75, 3.05) is 0 Å². The molecule has 0 aliphatic heterocycles. The molecule has 0 fully saturated rings. The Balaban J connectivity index is 2.99. The summed E-state index contributed by atoms with van der Waals surface area (Å²) in [4.78, 5) is 0. The lowest BCUT2D eigenvalue weighted by molar-refractivity contribution is -0.138. The van der Waals surface area contributed by atoms with Gasteiger partial charge in [-0.1, -0.05) is 46.0 Å². The van der Waals surface area contributed by atoms with E-state index in [1.165, 1.54) is 6.07 Å². The van der Waals surface area contributed by atoms with Gasteiger partial charge in [-0.2, -0.15) is 13.2 Å². The Bertz CT molecular complexity index is 673. The molecule has 1 heterocycles. The van der Waals surface area contributed by atoms with E-state index in [-0.39, 0.29) is 5.56 Å². The number of alkyl halides is 3. The minimum absolute atomic E-state index is 0.285. The van der Waals surface area contributed by atoms with E-state index in [2.05, 4.69) is 9.59 Å². The second kappa shape index (κ2) is 4.66. The van der Waals surface area contributed by atoms with Crippen LogP contribution < -0.4 is 0 Å². The summed E-state index contributed by atoms with van der Waals surface area (Å²) >= 11 is 1.04. The second-order valence-electron chi connectivity index (χ2n) is 7.30. The Labute approximate surface area is 126 Å². The third-order valence-corrected chi connectivity index (χ3v) is 4.13. The van der Waals surface area contributed by atoms with Gasteiger partial charge in [0, 0.05) is 0 Å². The average molecular weight is 316 g/mol. The number of halogens is 3. The van der Waals surface area contributed by atoms with Gasteiger partial charge in [0.05, 0.1) is 10.3 Å². The number of benzene rings is 1. The van der Waals surface area contributed by atoms with Gasteiger partial charge in [0.15, 0.2) is 0 Å². The maximum absolute atomic E-state index is 13.5. The van der Waals surface area contributed by atoms with Crippen molar-refractivity contribution >= 4 is 21.7 Å². The van der Waals surface area contributed by atoms with Crippen molar-refractivity contribution in [2.24, 2.45) is 0 Å². The minimum atomic E-state index is -4.39. The Morgan fingerprint density at radius 3 is 1.90 bits per heavy atom. The van der Waals surface area contributed by atoms with Crippen molar-refractivity contribution in [3.05, 3.63) is 22.8 Å². The number of aromatic nitrogens is 2. The number of hydrogen-bond acceptors (Lipinski definition) is 3. The highest BCUT2D eigenvalue weighted by atomic mass is 32.1. The van der Waals surface area contributed by atoms with Gasteiger partial charge in [0.1, 0.15) is 5.52 Å². The highest BCUT2D eigenvalue weighted by Gasteiger charge is 2.40. The molecule has 6 heteroatoms. The molecule has 0 aliphatic rings. The van der Waals surface area contributed by atoms with E-state index in [4.69, 9.17) is 0 Å². The lowest BCUT2D eigenvalue weighted by Gasteiger charge is -2.28. The molecule has 21 heavy (non-hydrogen) atoms. The zero-order chi connectivity index (χ0) is 16.2. The van der Waals surface area contributed by atoms with Crippen molar-refractivity contribution in [2.45, 2.75) is 58.5 Å². The Morgan fingerprint density at radius 1 is 0.905 bits per heavy atom. The molecule has 0 amide bonds. The Kier molecular flexibility index (Phi) is 3.60. The molecule has 1 aromatic carbocycles. The summed E-state index contributed by atoms with van der Waals surface area (Å²) in [6.07, 6.45) is -4.39. The van der Waals surface area contributed by atoms with Gasteiger partial charge in [-0.25, -0.2) is 0 Å². The highest BCUT2D eigenvalue weighted by Crippen LogP contribution is 2.45. The van der Waals surface area contributed by atoms with Gasteiger partial charge in [-0.05, 0) is 39.6 Å². The summed E-state index contributed by atoms with van der Waals surface area (Å²) in [6.45, 7) is 11.0. The molecule has 0 saturated heterocycles. The Morgan fingerprint density at radius 2 is 1.48 bits per heavy atom. The molecular weight excluding hydrogens is 297 g/mol. The molecule has 2 aromatic rings. The molecule has 1 aromatic heterocycles. The lowest BCUT2D eigenvalue weighted by Crippen LogP contribution is -2.22. The van der Waals surface area contributed by atoms with Gasteiger partial charge >= 0.3 is 6.18 Å². The van der Waals surface area contributed by atoms with Crippen LogP contribution in [0.4, 0.5) is 13.2 Å². The molecule has 2 nitrogen and oxygen atoms in total. The molecular formula is C15H19F3N2S. The van der Waals surface area contributed by atoms with Crippen LogP contribution in [0, 0.1) is 0 Å². The number of nitrogens with zero attached hydrogens (tertiary/aromatic N) is 2. The highest BCUT2D eigenvalue weighted by molar-refractivity contribution is 7.13. The molecule has 0 unspecified atom stereocenters. The predicted octanol–water partition coefficient (Wildman–Crippen LogP) is 5.31. The van der Waals surface area contributed by atoms with Gasteiger partial charge in [-0.15, -0.1) is 5.10 Å². The molecule has 0 aliphatic carbocycles. The maximum atomic E-state index is 13.5. The van der Waals surface area contributed by atoms with E-state index in [1.807, 2.05) is 20.8 Å². The first-order valence-electron chi connectivity index (χ1n) is 6.70. The van der Waals surface area contributed by atoms with E-state index in [1.54, 1.807) is 20.8 Å². The summed E-state index contributed by atoms with van der Waals surface area (Å²) in [5.74, 6) is 0. The first kappa shape index (κ1) is 16.2. The monoisotopic (exact) mass is 316 g/mol. The van der Waals surface area contributed by atoms with E-state index in [9.17, 15) is 13.2 Å². The molecule has 116 valence electrons. The summed E-state index contributed by atoms with van der Waals surface area (Å²) < 4.78 is 45.1. The average Bonchev–Trinajstić information content (AvgIpc) is 2.70. The predicted molar refractivity (Wildman–Crippen MR) is 79.8 cm³/mol. The zero-order valence-electron chi connectivity index (χ0n) is 13.0. The van der Waals surface area contributed by atoms with Crippen molar-refractivity contribution in [1.82, 2.24) is 9.59 Å². The summed E-state index contributed by atoms with van der Waals surface area (Å²) in [6, 6.07) is 1.25. The van der Waals surface area contributed by atoms with Crippen LogP contribution in [0.2, 0.25) is 0 Å². The molecule has 0 radical (unpaired) electrons. The first-order chi connectivity index (χ1) is 9.33. The van der Waals surface area contributed by atoms with Crippen LogP contribution in [0.5, 0.6) is 0 Å². The summed E-state index contributed by atoms with van der Waals surface area (Å²) in [5, 5.41) is 4.08. The van der Waals surface area contributed by atoms with Crippen LogP contribution in [-0.2, 0) is 17.0 Å².